The number of methoxy groups -OCH3 is 3. The van der Waals surface area contributed by atoms with E-state index in [1.54, 1.807) is 45.1 Å². The summed E-state index contributed by atoms with van der Waals surface area (Å²) in [6.07, 6.45) is 0. The van der Waals surface area contributed by atoms with Gasteiger partial charge < -0.3 is 25.3 Å². The molecule has 1 aliphatic rings. The summed E-state index contributed by atoms with van der Waals surface area (Å²) in [5, 5.41) is 7.91. The molecule has 32 heavy (non-hydrogen) atoms. The lowest BCUT2D eigenvalue weighted by atomic mass is 9.94. The summed E-state index contributed by atoms with van der Waals surface area (Å²) in [4.78, 5) is 17.2. The number of nitrogens with two attached hydrogens (primary N) is 1. The van der Waals surface area contributed by atoms with Crippen LogP contribution in [-0.4, -0.2) is 42.0 Å². The van der Waals surface area contributed by atoms with E-state index in [0.29, 0.717) is 45.9 Å². The van der Waals surface area contributed by atoms with Crippen molar-refractivity contribution in [3.8, 4) is 28.6 Å². The van der Waals surface area contributed by atoms with Crippen LogP contribution in [0.5, 0.6) is 17.2 Å². The van der Waals surface area contributed by atoms with E-state index in [1.807, 2.05) is 31.2 Å². The van der Waals surface area contributed by atoms with Crippen LogP contribution in [0.15, 0.2) is 47.7 Å². The van der Waals surface area contributed by atoms with Gasteiger partial charge in [0.25, 0.3) is 0 Å². The molecule has 9 heteroatoms. The number of rotatable bonds is 6. The van der Waals surface area contributed by atoms with E-state index < -0.39 is 11.9 Å². The predicted molar refractivity (Wildman–Crippen MR) is 120 cm³/mol. The van der Waals surface area contributed by atoms with Gasteiger partial charge in [-0.15, -0.1) is 5.10 Å². The SMILES string of the molecule is COc1cc(OC)c(C2C(C(N)=O)=C(C)Nc3nc(-c4ccccc4C)nn32)cc1OC. The number of carbonyl (C=O) groups is 1. The number of aryl methyl sites for hydroxylation is 1. The van der Waals surface area contributed by atoms with E-state index in [1.165, 1.54) is 0 Å². The maximum absolute atomic E-state index is 12.5. The topological polar surface area (TPSA) is 114 Å². The van der Waals surface area contributed by atoms with Gasteiger partial charge in [-0.25, -0.2) is 4.68 Å². The fourth-order valence-electron chi connectivity index (χ4n) is 3.96. The van der Waals surface area contributed by atoms with Crippen molar-refractivity contribution in [2.45, 2.75) is 19.9 Å². The molecule has 0 saturated carbocycles. The Bertz CT molecular complexity index is 1230. The summed E-state index contributed by atoms with van der Waals surface area (Å²) in [5.41, 5.74) is 9.33. The first-order valence-corrected chi connectivity index (χ1v) is 9.99. The van der Waals surface area contributed by atoms with Crippen LogP contribution in [0.1, 0.15) is 24.1 Å². The number of allylic oxidation sites excluding steroid dienone is 1. The van der Waals surface area contributed by atoms with Gasteiger partial charge in [0.2, 0.25) is 11.9 Å². The van der Waals surface area contributed by atoms with Crippen LogP contribution < -0.4 is 25.3 Å². The smallest absolute Gasteiger partial charge is 0.248 e. The van der Waals surface area contributed by atoms with Gasteiger partial charge in [0.05, 0.1) is 26.9 Å². The van der Waals surface area contributed by atoms with Gasteiger partial charge in [-0.1, -0.05) is 24.3 Å². The molecule has 0 aliphatic carbocycles. The molecular formula is C23H25N5O4. The lowest BCUT2D eigenvalue weighted by Crippen LogP contribution is -2.32. The van der Waals surface area contributed by atoms with Gasteiger partial charge in [-0.2, -0.15) is 4.98 Å². The number of anilines is 1. The van der Waals surface area contributed by atoms with Gasteiger partial charge in [-0.3, -0.25) is 4.79 Å². The molecular weight excluding hydrogens is 410 g/mol. The summed E-state index contributed by atoms with van der Waals surface area (Å²) in [6.45, 7) is 3.78. The molecule has 3 N–H and O–H groups in total. The Morgan fingerprint density at radius 3 is 2.31 bits per heavy atom. The zero-order chi connectivity index (χ0) is 23.0. The van der Waals surface area contributed by atoms with Crippen LogP contribution in [0.2, 0.25) is 0 Å². The van der Waals surface area contributed by atoms with Crippen LogP contribution in [0, 0.1) is 6.92 Å². The number of fused-ring (bicyclic) bond motifs is 1. The molecule has 0 spiro atoms. The summed E-state index contributed by atoms with van der Waals surface area (Å²) in [5.74, 6) is 1.95. The second-order valence-electron chi connectivity index (χ2n) is 7.40. The van der Waals surface area contributed by atoms with Crippen LogP contribution in [0.3, 0.4) is 0 Å². The molecule has 0 radical (unpaired) electrons. The van der Waals surface area contributed by atoms with Crippen molar-refractivity contribution in [2.75, 3.05) is 26.6 Å². The molecule has 1 atom stereocenters. The second-order valence-corrected chi connectivity index (χ2v) is 7.40. The van der Waals surface area contributed by atoms with Gasteiger partial charge in [0.15, 0.2) is 17.3 Å². The highest BCUT2D eigenvalue weighted by Crippen LogP contribution is 2.44. The van der Waals surface area contributed by atoms with E-state index in [9.17, 15) is 4.79 Å². The van der Waals surface area contributed by atoms with Crippen molar-refractivity contribution in [1.29, 1.82) is 0 Å². The molecule has 3 aromatic rings. The number of carbonyl (C=O) groups excluding carboxylic acids is 1. The molecule has 166 valence electrons. The molecule has 1 aromatic heterocycles. The number of ether oxygens (including phenoxy) is 3. The van der Waals surface area contributed by atoms with Crippen molar-refractivity contribution < 1.29 is 19.0 Å². The molecule has 2 aromatic carbocycles. The van der Waals surface area contributed by atoms with Crippen LogP contribution in [-0.2, 0) is 4.79 Å². The number of primary amides is 1. The van der Waals surface area contributed by atoms with E-state index >= 15 is 0 Å². The zero-order valence-corrected chi connectivity index (χ0v) is 18.6. The zero-order valence-electron chi connectivity index (χ0n) is 18.6. The Labute approximate surface area is 185 Å². The van der Waals surface area contributed by atoms with E-state index in [2.05, 4.69) is 5.32 Å². The normalized spacial score (nSPS) is 15.1. The first-order chi connectivity index (χ1) is 15.4. The molecule has 1 aliphatic heterocycles. The molecule has 9 nitrogen and oxygen atoms in total. The highest BCUT2D eigenvalue weighted by atomic mass is 16.5. The maximum Gasteiger partial charge on any atom is 0.248 e. The van der Waals surface area contributed by atoms with Gasteiger partial charge in [0.1, 0.15) is 11.8 Å². The lowest BCUT2D eigenvalue weighted by Gasteiger charge is -2.29. The highest BCUT2D eigenvalue weighted by Gasteiger charge is 2.36. The first-order valence-electron chi connectivity index (χ1n) is 9.99. The molecule has 0 bridgehead atoms. The summed E-state index contributed by atoms with van der Waals surface area (Å²) >= 11 is 0. The van der Waals surface area contributed by atoms with Crippen LogP contribution in [0.25, 0.3) is 11.4 Å². The third-order valence-electron chi connectivity index (χ3n) is 5.53. The standard InChI is InChI=1S/C23H25N5O4/c1-12-8-6-7-9-14(12)22-26-23-25-13(2)19(21(24)29)20(28(23)27-22)15-10-17(31-4)18(32-5)11-16(15)30-3/h6-11,20H,1-5H3,(H2,24,29)(H,25,26,27). The number of hydrogen-bond acceptors (Lipinski definition) is 7. The van der Waals surface area contributed by atoms with Gasteiger partial charge in [-0.05, 0) is 25.5 Å². The number of amides is 1. The van der Waals surface area contributed by atoms with Crippen molar-refractivity contribution in [1.82, 2.24) is 14.8 Å². The fraction of sp³-hybridized carbons (Fsp3) is 0.261. The molecule has 1 amide bonds. The van der Waals surface area contributed by atoms with E-state index in [0.717, 1.165) is 11.1 Å². The van der Waals surface area contributed by atoms with Crippen molar-refractivity contribution in [3.63, 3.8) is 0 Å². The minimum atomic E-state index is -0.677. The Kier molecular flexibility index (Phi) is 5.48. The predicted octanol–water partition coefficient (Wildman–Crippen LogP) is 3.05. The van der Waals surface area contributed by atoms with Crippen molar-refractivity contribution in [2.24, 2.45) is 5.73 Å². The van der Waals surface area contributed by atoms with E-state index in [4.69, 9.17) is 30.0 Å². The number of hydrogen-bond donors (Lipinski definition) is 2. The average molecular weight is 435 g/mol. The fourth-order valence-corrected chi connectivity index (χ4v) is 3.96. The summed E-state index contributed by atoms with van der Waals surface area (Å²) in [6, 6.07) is 10.6. The minimum Gasteiger partial charge on any atom is -0.496 e. The number of nitrogens with one attached hydrogen (secondary N) is 1. The van der Waals surface area contributed by atoms with Gasteiger partial charge >= 0.3 is 0 Å². The monoisotopic (exact) mass is 435 g/mol. The molecule has 1 unspecified atom stereocenters. The Morgan fingerprint density at radius 2 is 1.69 bits per heavy atom. The molecule has 0 fully saturated rings. The molecule has 2 heterocycles. The lowest BCUT2D eigenvalue weighted by molar-refractivity contribution is -0.115. The maximum atomic E-state index is 12.5. The highest BCUT2D eigenvalue weighted by molar-refractivity contribution is 5.95. The van der Waals surface area contributed by atoms with Gasteiger partial charge in [0, 0.05) is 22.9 Å². The molecule has 4 rings (SSSR count). The van der Waals surface area contributed by atoms with E-state index in [-0.39, 0.29) is 0 Å². The van der Waals surface area contributed by atoms with Crippen molar-refractivity contribution in [3.05, 3.63) is 58.8 Å². The minimum absolute atomic E-state index is 0.351. The summed E-state index contributed by atoms with van der Waals surface area (Å²) < 4.78 is 18.2. The second kappa shape index (κ2) is 8.26. The van der Waals surface area contributed by atoms with Crippen molar-refractivity contribution >= 4 is 11.9 Å². The molecule has 0 saturated heterocycles. The first kappa shape index (κ1) is 21.2. The van der Waals surface area contributed by atoms with Crippen LogP contribution in [0.4, 0.5) is 5.95 Å². The Hall–Kier alpha value is -4.01. The number of benzene rings is 2. The Morgan fingerprint density at radius 1 is 1.03 bits per heavy atom. The summed E-state index contributed by atoms with van der Waals surface area (Å²) in [7, 11) is 4.64. The Balaban J connectivity index is 1.97. The third-order valence-corrected chi connectivity index (χ3v) is 5.53. The largest absolute Gasteiger partial charge is 0.496 e. The average Bonchev–Trinajstić information content (AvgIpc) is 3.20. The quantitative estimate of drug-likeness (QED) is 0.612. The van der Waals surface area contributed by atoms with Crippen LogP contribution >= 0.6 is 0 Å². The number of nitrogens with zero attached hydrogens (tertiary/aromatic N) is 3. The third kappa shape index (κ3) is 3.41. The number of aromatic nitrogens is 3.